The molecule has 0 spiro atoms. The Bertz CT molecular complexity index is 686. The first kappa shape index (κ1) is 13.5. The van der Waals surface area contributed by atoms with Gasteiger partial charge < -0.3 is 10.3 Å². The zero-order chi connectivity index (χ0) is 14.8. The molecule has 0 fully saturated rings. The molecule has 1 aromatic heterocycles. The van der Waals surface area contributed by atoms with Crippen LogP contribution in [-0.4, -0.2) is 27.3 Å². The van der Waals surface area contributed by atoms with Crippen molar-refractivity contribution in [2.24, 2.45) is 5.84 Å². The van der Waals surface area contributed by atoms with Crippen LogP contribution in [0.5, 0.6) is 0 Å². The summed E-state index contributed by atoms with van der Waals surface area (Å²) in [5.41, 5.74) is 5.21. The van der Waals surface area contributed by atoms with Crippen LogP contribution in [-0.2, 0) is 13.0 Å². The van der Waals surface area contributed by atoms with Gasteiger partial charge >= 0.3 is 0 Å². The minimum absolute atomic E-state index is 0.0317. The van der Waals surface area contributed by atoms with Gasteiger partial charge in [0.05, 0.1) is 6.54 Å². The fourth-order valence-electron chi connectivity index (χ4n) is 2.57. The number of carbonyl (C=O) groups is 1. The van der Waals surface area contributed by atoms with Crippen molar-refractivity contribution >= 4 is 11.7 Å². The standard InChI is InChI=1S/C15H17N5O/c1-10-8-13(19-16)18-14(17-10)9-20-7-6-11-4-2-3-5-12(11)15(20)21/h2-5,8H,6-7,9,16H2,1H3,(H,17,18,19). The fourth-order valence-corrected chi connectivity index (χ4v) is 2.57. The van der Waals surface area contributed by atoms with Crippen molar-refractivity contribution in [3.8, 4) is 0 Å². The second-order valence-electron chi connectivity index (χ2n) is 5.09. The minimum atomic E-state index is 0.0317. The molecule has 0 saturated heterocycles. The van der Waals surface area contributed by atoms with E-state index >= 15 is 0 Å². The third kappa shape index (κ3) is 2.71. The van der Waals surface area contributed by atoms with E-state index < -0.39 is 0 Å². The zero-order valence-corrected chi connectivity index (χ0v) is 11.8. The van der Waals surface area contributed by atoms with Crippen LogP contribution in [0.1, 0.15) is 27.4 Å². The highest BCUT2D eigenvalue weighted by molar-refractivity contribution is 5.96. The number of aromatic nitrogens is 2. The van der Waals surface area contributed by atoms with Gasteiger partial charge in [-0.1, -0.05) is 18.2 Å². The van der Waals surface area contributed by atoms with E-state index in [0.29, 0.717) is 24.7 Å². The number of hydrogen-bond donors (Lipinski definition) is 2. The van der Waals surface area contributed by atoms with Crippen molar-refractivity contribution in [2.75, 3.05) is 12.0 Å². The van der Waals surface area contributed by atoms with Gasteiger partial charge in [0.15, 0.2) is 0 Å². The molecule has 21 heavy (non-hydrogen) atoms. The number of rotatable bonds is 3. The lowest BCUT2D eigenvalue weighted by atomic mass is 9.99. The third-order valence-electron chi connectivity index (χ3n) is 3.57. The number of amides is 1. The van der Waals surface area contributed by atoms with E-state index in [1.54, 1.807) is 11.0 Å². The topological polar surface area (TPSA) is 84.1 Å². The molecule has 3 N–H and O–H groups in total. The van der Waals surface area contributed by atoms with E-state index in [0.717, 1.165) is 23.2 Å². The zero-order valence-electron chi connectivity index (χ0n) is 11.8. The molecule has 6 nitrogen and oxygen atoms in total. The van der Waals surface area contributed by atoms with Crippen molar-refractivity contribution in [1.29, 1.82) is 0 Å². The molecule has 2 heterocycles. The van der Waals surface area contributed by atoms with Crippen molar-refractivity contribution in [2.45, 2.75) is 19.9 Å². The highest BCUT2D eigenvalue weighted by Crippen LogP contribution is 2.20. The van der Waals surface area contributed by atoms with Gasteiger partial charge in [-0.3, -0.25) is 4.79 Å². The summed E-state index contributed by atoms with van der Waals surface area (Å²) in [5, 5.41) is 0. The smallest absolute Gasteiger partial charge is 0.254 e. The van der Waals surface area contributed by atoms with E-state index in [4.69, 9.17) is 5.84 Å². The quantitative estimate of drug-likeness (QED) is 0.654. The summed E-state index contributed by atoms with van der Waals surface area (Å²) < 4.78 is 0. The Morgan fingerprint density at radius 2 is 2.14 bits per heavy atom. The number of anilines is 1. The monoisotopic (exact) mass is 283 g/mol. The van der Waals surface area contributed by atoms with Gasteiger partial charge in [0.25, 0.3) is 5.91 Å². The van der Waals surface area contributed by atoms with E-state index in [9.17, 15) is 4.79 Å². The molecule has 0 atom stereocenters. The molecular formula is C15H17N5O. The van der Waals surface area contributed by atoms with Gasteiger partial charge in [0.2, 0.25) is 0 Å². The molecule has 0 bridgehead atoms. The Morgan fingerprint density at radius 3 is 2.95 bits per heavy atom. The summed E-state index contributed by atoms with van der Waals surface area (Å²) >= 11 is 0. The number of carbonyl (C=O) groups excluding carboxylic acids is 1. The molecule has 0 aliphatic carbocycles. The molecular weight excluding hydrogens is 266 g/mol. The molecule has 1 aliphatic rings. The summed E-state index contributed by atoms with van der Waals surface area (Å²) in [6, 6.07) is 9.49. The van der Waals surface area contributed by atoms with Crippen LogP contribution in [0, 0.1) is 6.92 Å². The van der Waals surface area contributed by atoms with Crippen LogP contribution in [0.15, 0.2) is 30.3 Å². The van der Waals surface area contributed by atoms with Crippen molar-refractivity contribution in [3.63, 3.8) is 0 Å². The predicted molar refractivity (Wildman–Crippen MR) is 79.5 cm³/mol. The first-order valence-corrected chi connectivity index (χ1v) is 6.86. The maximum Gasteiger partial charge on any atom is 0.254 e. The van der Waals surface area contributed by atoms with Crippen molar-refractivity contribution in [1.82, 2.24) is 14.9 Å². The molecule has 0 saturated carbocycles. The third-order valence-corrected chi connectivity index (χ3v) is 3.57. The molecule has 108 valence electrons. The summed E-state index contributed by atoms with van der Waals surface area (Å²) in [7, 11) is 0. The van der Waals surface area contributed by atoms with Gasteiger partial charge in [-0.05, 0) is 25.0 Å². The van der Waals surface area contributed by atoms with Crippen LogP contribution in [0.25, 0.3) is 0 Å². The number of fused-ring (bicyclic) bond motifs is 1. The summed E-state index contributed by atoms with van der Waals surface area (Å²) in [5.74, 6) is 6.57. The van der Waals surface area contributed by atoms with Crippen LogP contribution in [0.4, 0.5) is 5.82 Å². The maximum absolute atomic E-state index is 12.5. The molecule has 2 aromatic rings. The second-order valence-corrected chi connectivity index (χ2v) is 5.09. The highest BCUT2D eigenvalue weighted by Gasteiger charge is 2.24. The van der Waals surface area contributed by atoms with E-state index in [-0.39, 0.29) is 5.91 Å². The largest absolute Gasteiger partial charge is 0.331 e. The van der Waals surface area contributed by atoms with Gasteiger partial charge in [-0.15, -0.1) is 0 Å². The van der Waals surface area contributed by atoms with E-state index in [2.05, 4.69) is 15.4 Å². The number of hydrogen-bond acceptors (Lipinski definition) is 5. The lowest BCUT2D eigenvalue weighted by Gasteiger charge is -2.28. The average Bonchev–Trinajstić information content (AvgIpc) is 2.50. The maximum atomic E-state index is 12.5. The molecule has 0 radical (unpaired) electrons. The summed E-state index contributed by atoms with van der Waals surface area (Å²) in [6.45, 7) is 2.95. The normalized spacial score (nSPS) is 14.0. The molecule has 1 aromatic carbocycles. The Labute approximate surface area is 123 Å². The number of nitrogens with zero attached hydrogens (tertiary/aromatic N) is 3. The Hall–Kier alpha value is -2.47. The molecule has 1 amide bonds. The highest BCUT2D eigenvalue weighted by atomic mass is 16.2. The number of nitrogens with two attached hydrogens (primary N) is 1. The fraction of sp³-hybridized carbons (Fsp3) is 0.267. The predicted octanol–water partition coefficient (Wildman–Crippen LogP) is 1.27. The van der Waals surface area contributed by atoms with E-state index in [1.165, 1.54) is 0 Å². The summed E-state index contributed by atoms with van der Waals surface area (Å²) in [4.78, 5) is 22.9. The Morgan fingerprint density at radius 1 is 1.33 bits per heavy atom. The first-order chi connectivity index (χ1) is 10.2. The van der Waals surface area contributed by atoms with Crippen LogP contribution in [0.3, 0.4) is 0 Å². The van der Waals surface area contributed by atoms with Crippen LogP contribution in [0.2, 0.25) is 0 Å². The molecule has 0 unspecified atom stereocenters. The minimum Gasteiger partial charge on any atom is -0.331 e. The van der Waals surface area contributed by atoms with Gasteiger partial charge in [-0.25, -0.2) is 15.8 Å². The van der Waals surface area contributed by atoms with Gasteiger partial charge in [0, 0.05) is 23.9 Å². The SMILES string of the molecule is Cc1cc(NN)nc(CN2CCc3ccccc3C2=O)n1. The van der Waals surface area contributed by atoms with Crippen LogP contribution < -0.4 is 11.3 Å². The number of nitrogens with one attached hydrogen (secondary N) is 1. The lowest BCUT2D eigenvalue weighted by molar-refractivity contribution is 0.0722. The lowest BCUT2D eigenvalue weighted by Crippen LogP contribution is -2.37. The van der Waals surface area contributed by atoms with Crippen LogP contribution >= 0.6 is 0 Å². The Balaban J connectivity index is 1.83. The van der Waals surface area contributed by atoms with Gasteiger partial charge in [0.1, 0.15) is 11.6 Å². The molecule has 3 rings (SSSR count). The Kier molecular flexibility index (Phi) is 3.53. The first-order valence-electron chi connectivity index (χ1n) is 6.86. The number of benzene rings is 1. The van der Waals surface area contributed by atoms with Crippen molar-refractivity contribution in [3.05, 3.63) is 53.0 Å². The van der Waals surface area contributed by atoms with Gasteiger partial charge in [-0.2, -0.15) is 0 Å². The average molecular weight is 283 g/mol. The number of aryl methyl sites for hydroxylation is 1. The van der Waals surface area contributed by atoms with Crippen molar-refractivity contribution < 1.29 is 4.79 Å². The molecule has 6 heteroatoms. The second kappa shape index (κ2) is 5.49. The number of nitrogen functional groups attached to an aromatic ring is 1. The molecule has 1 aliphatic heterocycles. The summed E-state index contributed by atoms with van der Waals surface area (Å²) in [6.07, 6.45) is 0.857. The number of hydrazine groups is 1. The van der Waals surface area contributed by atoms with E-state index in [1.807, 2.05) is 31.2 Å².